The van der Waals surface area contributed by atoms with Crippen molar-refractivity contribution in [1.82, 2.24) is 0 Å². The van der Waals surface area contributed by atoms with Crippen molar-refractivity contribution in [2.45, 2.75) is 51.7 Å². The number of rotatable bonds is 6. The van der Waals surface area contributed by atoms with E-state index in [1.165, 1.54) is 19.3 Å². The highest BCUT2D eigenvalue weighted by atomic mass is 16.6. The molecule has 1 rings (SSSR count). The molecule has 1 saturated heterocycles. The van der Waals surface area contributed by atoms with Gasteiger partial charge in [0.15, 0.2) is 6.29 Å². The van der Waals surface area contributed by atoms with Crippen molar-refractivity contribution in [3.8, 4) is 0 Å². The molecule has 0 unspecified atom stereocenters. The molecule has 2 N–H and O–H groups in total. The predicted octanol–water partition coefficient (Wildman–Crippen LogP) is 1.67. The summed E-state index contributed by atoms with van der Waals surface area (Å²) in [5, 5.41) is 16.9. The molecule has 0 atom stereocenters. The normalized spacial score (nSPS) is 13.8. The summed E-state index contributed by atoms with van der Waals surface area (Å²) >= 11 is 0. The first-order valence-electron chi connectivity index (χ1n) is 5.21. The molecule has 1 heterocycles. The van der Waals surface area contributed by atoms with E-state index >= 15 is 0 Å². The maximum atomic E-state index is 8.46. The summed E-state index contributed by atoms with van der Waals surface area (Å²) < 4.78 is 4.50. The largest absolute Gasteiger partial charge is 0.377 e. The molecule has 0 aromatic heterocycles. The summed E-state index contributed by atoms with van der Waals surface area (Å²) in [6, 6.07) is 0. The number of aliphatic hydroxyl groups is 2. The number of hydrogen-bond acceptors (Lipinski definition) is 3. The Labute approximate surface area is 80.7 Å². The second kappa shape index (κ2) is 9.96. The second-order valence-corrected chi connectivity index (χ2v) is 3.30. The van der Waals surface area contributed by atoms with Gasteiger partial charge in [-0.05, 0) is 12.8 Å². The van der Waals surface area contributed by atoms with Crippen molar-refractivity contribution < 1.29 is 14.9 Å². The molecule has 13 heavy (non-hydrogen) atoms. The zero-order valence-electron chi connectivity index (χ0n) is 8.54. The topological polar surface area (TPSA) is 53.0 Å². The molecule has 0 aromatic carbocycles. The number of aliphatic hydroxyl groups excluding tert-OH is 1. The third-order valence-corrected chi connectivity index (χ3v) is 1.77. The van der Waals surface area contributed by atoms with Crippen LogP contribution in [0.4, 0.5) is 0 Å². The highest BCUT2D eigenvalue weighted by molar-refractivity contribution is 4.44. The van der Waals surface area contributed by atoms with Gasteiger partial charge in [0, 0.05) is 0 Å². The van der Waals surface area contributed by atoms with E-state index in [4.69, 9.17) is 10.2 Å². The number of hydrogen-bond donors (Lipinski definition) is 2. The van der Waals surface area contributed by atoms with Gasteiger partial charge in [-0.15, -0.1) is 0 Å². The van der Waals surface area contributed by atoms with Crippen LogP contribution >= 0.6 is 0 Å². The minimum absolute atomic E-state index is 0.531. The molecule has 1 fully saturated rings. The fourth-order valence-corrected chi connectivity index (χ4v) is 0.930. The Hall–Kier alpha value is -0.120. The molecule has 0 aromatic rings. The van der Waals surface area contributed by atoms with E-state index in [1.807, 2.05) is 0 Å². The fraction of sp³-hybridized carbons (Fsp3) is 1.00. The average Bonchev–Trinajstić information content (AvgIpc) is 2.89. The maximum absolute atomic E-state index is 8.46. The van der Waals surface area contributed by atoms with Crippen LogP contribution in [0.3, 0.4) is 0 Å². The third kappa shape index (κ3) is 18.7. The summed E-state index contributed by atoms with van der Waals surface area (Å²) in [4.78, 5) is 0. The van der Waals surface area contributed by atoms with Gasteiger partial charge in [0.1, 0.15) is 0 Å². The molecule has 1 aliphatic heterocycles. The minimum atomic E-state index is -1.10. The van der Waals surface area contributed by atoms with Gasteiger partial charge < -0.3 is 14.9 Å². The molecular weight excluding hydrogens is 168 g/mol. The summed E-state index contributed by atoms with van der Waals surface area (Å²) in [5.41, 5.74) is 0. The molecule has 0 amide bonds. The standard InChI is InChI=1S/C8H18O2.C2H4O/c1-2-3-4-5-6-7-8(9)10;1-2-3-1/h8-10H,2-7H2,1H3;1-2H2. The van der Waals surface area contributed by atoms with Gasteiger partial charge in [0.05, 0.1) is 13.2 Å². The summed E-state index contributed by atoms with van der Waals surface area (Å²) in [6.45, 7) is 4.17. The molecule has 80 valence electrons. The molecule has 0 aliphatic carbocycles. The Kier molecular flexibility index (Phi) is 9.87. The Bertz CT molecular complexity index is 89.4. The smallest absolute Gasteiger partial charge is 0.151 e. The van der Waals surface area contributed by atoms with Gasteiger partial charge in [-0.25, -0.2) is 0 Å². The molecule has 1 aliphatic rings. The quantitative estimate of drug-likeness (QED) is 0.380. The Morgan fingerprint density at radius 1 is 1.08 bits per heavy atom. The van der Waals surface area contributed by atoms with E-state index in [2.05, 4.69) is 11.7 Å². The van der Waals surface area contributed by atoms with Gasteiger partial charge >= 0.3 is 0 Å². The van der Waals surface area contributed by atoms with E-state index in [9.17, 15) is 0 Å². The van der Waals surface area contributed by atoms with Crippen LogP contribution in [0.15, 0.2) is 0 Å². The van der Waals surface area contributed by atoms with Crippen molar-refractivity contribution in [3.05, 3.63) is 0 Å². The fourth-order valence-electron chi connectivity index (χ4n) is 0.930. The predicted molar refractivity (Wildman–Crippen MR) is 52.4 cm³/mol. The van der Waals surface area contributed by atoms with Crippen molar-refractivity contribution in [2.75, 3.05) is 13.2 Å². The Morgan fingerprint density at radius 2 is 1.62 bits per heavy atom. The van der Waals surface area contributed by atoms with Crippen molar-refractivity contribution in [1.29, 1.82) is 0 Å². The van der Waals surface area contributed by atoms with Gasteiger partial charge in [-0.3, -0.25) is 0 Å². The van der Waals surface area contributed by atoms with Crippen LogP contribution in [0.5, 0.6) is 0 Å². The zero-order chi connectivity index (χ0) is 9.94. The molecule has 0 saturated carbocycles. The van der Waals surface area contributed by atoms with Crippen LogP contribution in [0, 0.1) is 0 Å². The van der Waals surface area contributed by atoms with Crippen molar-refractivity contribution >= 4 is 0 Å². The van der Waals surface area contributed by atoms with Gasteiger partial charge in [0.2, 0.25) is 0 Å². The van der Waals surface area contributed by atoms with E-state index in [0.29, 0.717) is 6.42 Å². The SMILES string of the molecule is C1CO1.CCCCCCCC(O)O. The molecular formula is C10H22O3. The maximum Gasteiger partial charge on any atom is 0.151 e. The van der Waals surface area contributed by atoms with E-state index in [-0.39, 0.29) is 0 Å². The first kappa shape index (κ1) is 12.9. The Morgan fingerprint density at radius 3 is 2.00 bits per heavy atom. The monoisotopic (exact) mass is 190 g/mol. The highest BCUT2D eigenvalue weighted by Gasteiger charge is 1.95. The highest BCUT2D eigenvalue weighted by Crippen LogP contribution is 2.05. The summed E-state index contributed by atoms with van der Waals surface area (Å²) in [6.07, 6.45) is 5.24. The van der Waals surface area contributed by atoms with Crippen LogP contribution in [0.25, 0.3) is 0 Å². The summed E-state index contributed by atoms with van der Waals surface area (Å²) in [5.74, 6) is 0. The second-order valence-electron chi connectivity index (χ2n) is 3.30. The van der Waals surface area contributed by atoms with E-state index in [1.54, 1.807) is 0 Å². The lowest BCUT2D eigenvalue weighted by Gasteiger charge is -2.01. The van der Waals surface area contributed by atoms with E-state index in [0.717, 1.165) is 26.1 Å². The Balaban J connectivity index is 0.000000396. The van der Waals surface area contributed by atoms with Crippen LogP contribution in [0.2, 0.25) is 0 Å². The number of epoxide rings is 1. The zero-order valence-corrected chi connectivity index (χ0v) is 8.54. The lowest BCUT2D eigenvalue weighted by molar-refractivity contribution is -0.0465. The lowest BCUT2D eigenvalue weighted by atomic mass is 10.1. The molecule has 0 bridgehead atoms. The summed E-state index contributed by atoms with van der Waals surface area (Å²) in [7, 11) is 0. The first-order chi connectivity index (χ1) is 6.27. The number of unbranched alkanes of at least 4 members (excludes halogenated alkanes) is 4. The lowest BCUT2D eigenvalue weighted by Crippen LogP contribution is -2.02. The third-order valence-electron chi connectivity index (χ3n) is 1.77. The first-order valence-corrected chi connectivity index (χ1v) is 5.21. The van der Waals surface area contributed by atoms with Crippen LogP contribution in [-0.2, 0) is 4.74 Å². The van der Waals surface area contributed by atoms with Gasteiger partial charge in [-0.1, -0.05) is 32.6 Å². The van der Waals surface area contributed by atoms with Crippen LogP contribution in [0.1, 0.15) is 45.4 Å². The molecule has 0 radical (unpaired) electrons. The van der Waals surface area contributed by atoms with Crippen LogP contribution < -0.4 is 0 Å². The minimum Gasteiger partial charge on any atom is -0.377 e. The average molecular weight is 190 g/mol. The number of ether oxygens (including phenoxy) is 1. The van der Waals surface area contributed by atoms with Gasteiger partial charge in [0.25, 0.3) is 0 Å². The molecule has 3 nitrogen and oxygen atoms in total. The molecule has 3 heteroatoms. The van der Waals surface area contributed by atoms with Crippen LogP contribution in [-0.4, -0.2) is 29.7 Å². The van der Waals surface area contributed by atoms with E-state index < -0.39 is 6.29 Å². The van der Waals surface area contributed by atoms with Gasteiger partial charge in [-0.2, -0.15) is 0 Å². The van der Waals surface area contributed by atoms with Crippen molar-refractivity contribution in [2.24, 2.45) is 0 Å². The van der Waals surface area contributed by atoms with Crippen molar-refractivity contribution in [3.63, 3.8) is 0 Å². The molecule has 0 spiro atoms.